The van der Waals surface area contributed by atoms with Gasteiger partial charge in [0.1, 0.15) is 6.61 Å². The Kier molecular flexibility index (Phi) is 3.51. The molecule has 0 amide bonds. The van der Waals surface area contributed by atoms with Crippen LogP contribution in [-0.2, 0) is 13.7 Å². The molecule has 0 N–H and O–H groups in total. The van der Waals surface area contributed by atoms with Gasteiger partial charge in [-0.15, -0.1) is 0 Å². The van der Waals surface area contributed by atoms with Crippen molar-refractivity contribution < 1.29 is 4.74 Å². The van der Waals surface area contributed by atoms with Crippen molar-refractivity contribution in [3.8, 4) is 5.88 Å². The van der Waals surface area contributed by atoms with Crippen molar-refractivity contribution in [1.29, 1.82) is 0 Å². The lowest BCUT2D eigenvalue weighted by Gasteiger charge is -2.06. The summed E-state index contributed by atoms with van der Waals surface area (Å²) in [5.41, 5.74) is 1.07. The molecule has 1 heterocycles. The van der Waals surface area contributed by atoms with E-state index in [2.05, 4.69) is 21.0 Å². The van der Waals surface area contributed by atoms with Gasteiger partial charge in [0.2, 0.25) is 5.88 Å². The van der Waals surface area contributed by atoms with Crippen LogP contribution < -0.4 is 4.74 Å². The summed E-state index contributed by atoms with van der Waals surface area (Å²) in [6, 6.07) is 7.57. The van der Waals surface area contributed by atoms with Crippen LogP contribution in [0.3, 0.4) is 0 Å². The number of aryl methyl sites for hydroxylation is 1. The summed E-state index contributed by atoms with van der Waals surface area (Å²) in [5.74, 6) is 0.718. The van der Waals surface area contributed by atoms with Crippen molar-refractivity contribution in [3.05, 3.63) is 45.5 Å². The highest BCUT2D eigenvalue weighted by Gasteiger charge is 2.06. The SMILES string of the molecule is Cn1ncc(Br)c1OCc1ccc(Cl)cc1. The molecule has 0 fully saturated rings. The lowest BCUT2D eigenvalue weighted by molar-refractivity contribution is 0.277. The highest BCUT2D eigenvalue weighted by Crippen LogP contribution is 2.24. The van der Waals surface area contributed by atoms with Crippen molar-refractivity contribution >= 4 is 27.5 Å². The largest absolute Gasteiger partial charge is 0.472 e. The molecule has 2 rings (SSSR count). The van der Waals surface area contributed by atoms with Crippen LogP contribution >= 0.6 is 27.5 Å². The average Bonchev–Trinajstić information content (AvgIpc) is 2.59. The van der Waals surface area contributed by atoms with Crippen LogP contribution in [0.1, 0.15) is 5.56 Å². The molecule has 0 spiro atoms. The van der Waals surface area contributed by atoms with Gasteiger partial charge in [-0.25, -0.2) is 4.68 Å². The molecule has 1 aromatic carbocycles. The van der Waals surface area contributed by atoms with Crippen LogP contribution in [-0.4, -0.2) is 9.78 Å². The molecule has 0 bridgehead atoms. The van der Waals surface area contributed by atoms with Crippen molar-refractivity contribution in [2.75, 3.05) is 0 Å². The van der Waals surface area contributed by atoms with E-state index in [4.69, 9.17) is 16.3 Å². The lowest BCUT2D eigenvalue weighted by atomic mass is 10.2. The number of halogens is 2. The fourth-order valence-corrected chi connectivity index (χ4v) is 1.88. The summed E-state index contributed by atoms with van der Waals surface area (Å²) >= 11 is 9.17. The number of nitrogens with zero attached hydrogens (tertiary/aromatic N) is 2. The van der Waals surface area contributed by atoms with Crippen LogP contribution in [0.2, 0.25) is 5.02 Å². The predicted octanol–water partition coefficient (Wildman–Crippen LogP) is 3.42. The highest BCUT2D eigenvalue weighted by molar-refractivity contribution is 9.10. The monoisotopic (exact) mass is 300 g/mol. The van der Waals surface area contributed by atoms with Crippen molar-refractivity contribution in [3.63, 3.8) is 0 Å². The normalized spacial score (nSPS) is 10.4. The maximum atomic E-state index is 5.80. The zero-order valence-electron chi connectivity index (χ0n) is 8.65. The second-order valence-corrected chi connectivity index (χ2v) is 4.63. The summed E-state index contributed by atoms with van der Waals surface area (Å²) in [6.45, 7) is 0.495. The van der Waals surface area contributed by atoms with Crippen molar-refractivity contribution in [2.24, 2.45) is 7.05 Å². The summed E-state index contributed by atoms with van der Waals surface area (Å²) in [6.07, 6.45) is 1.71. The van der Waals surface area contributed by atoms with E-state index in [0.29, 0.717) is 6.61 Å². The standard InChI is InChI=1S/C11H10BrClN2O/c1-15-11(10(12)6-14-15)16-7-8-2-4-9(13)5-3-8/h2-6H,7H2,1H3. The van der Waals surface area contributed by atoms with E-state index in [1.54, 1.807) is 10.9 Å². The Hall–Kier alpha value is -1.00. The Morgan fingerprint density at radius 2 is 2.06 bits per heavy atom. The number of hydrogen-bond donors (Lipinski definition) is 0. The van der Waals surface area contributed by atoms with E-state index >= 15 is 0 Å². The molecule has 0 saturated carbocycles. The zero-order chi connectivity index (χ0) is 11.5. The number of aromatic nitrogens is 2. The van der Waals surface area contributed by atoms with E-state index in [0.717, 1.165) is 20.9 Å². The first-order chi connectivity index (χ1) is 7.66. The van der Waals surface area contributed by atoms with Gasteiger partial charge in [0.15, 0.2) is 0 Å². The van der Waals surface area contributed by atoms with Crippen LogP contribution in [0.4, 0.5) is 0 Å². The minimum Gasteiger partial charge on any atom is -0.472 e. The maximum absolute atomic E-state index is 5.80. The third-order valence-electron chi connectivity index (χ3n) is 2.13. The van der Waals surface area contributed by atoms with E-state index in [-0.39, 0.29) is 0 Å². The maximum Gasteiger partial charge on any atom is 0.226 e. The van der Waals surface area contributed by atoms with Gasteiger partial charge in [0.05, 0.1) is 10.7 Å². The quantitative estimate of drug-likeness (QED) is 0.868. The Labute approximate surface area is 107 Å². The van der Waals surface area contributed by atoms with Gasteiger partial charge in [0, 0.05) is 12.1 Å². The van der Waals surface area contributed by atoms with Crippen LogP contribution in [0.5, 0.6) is 5.88 Å². The van der Waals surface area contributed by atoms with Gasteiger partial charge in [-0.1, -0.05) is 23.7 Å². The zero-order valence-corrected chi connectivity index (χ0v) is 11.0. The summed E-state index contributed by atoms with van der Waals surface area (Å²) in [5, 5.41) is 4.79. The molecule has 0 atom stereocenters. The molecule has 1 aromatic heterocycles. The number of rotatable bonds is 3. The summed E-state index contributed by atoms with van der Waals surface area (Å²) in [7, 11) is 1.84. The van der Waals surface area contributed by atoms with E-state index in [1.165, 1.54) is 0 Å². The van der Waals surface area contributed by atoms with Crippen LogP contribution in [0, 0.1) is 0 Å². The van der Waals surface area contributed by atoms with Crippen molar-refractivity contribution in [1.82, 2.24) is 9.78 Å². The van der Waals surface area contributed by atoms with E-state index in [1.807, 2.05) is 31.3 Å². The first kappa shape index (κ1) is 11.5. The van der Waals surface area contributed by atoms with E-state index in [9.17, 15) is 0 Å². The first-order valence-electron chi connectivity index (χ1n) is 4.71. The minimum atomic E-state index is 0.495. The molecule has 0 unspecified atom stereocenters. The summed E-state index contributed by atoms with van der Waals surface area (Å²) < 4.78 is 8.18. The van der Waals surface area contributed by atoms with Gasteiger partial charge >= 0.3 is 0 Å². The molecule has 3 nitrogen and oxygen atoms in total. The van der Waals surface area contributed by atoms with Gasteiger partial charge in [-0.3, -0.25) is 0 Å². The van der Waals surface area contributed by atoms with Crippen LogP contribution in [0.25, 0.3) is 0 Å². The Bertz CT molecular complexity index is 462. The number of hydrogen-bond acceptors (Lipinski definition) is 2. The Morgan fingerprint density at radius 1 is 1.38 bits per heavy atom. The molecular formula is C11H10BrClN2O. The molecule has 0 saturated heterocycles. The molecule has 0 aliphatic carbocycles. The lowest BCUT2D eigenvalue weighted by Crippen LogP contribution is -2.01. The van der Waals surface area contributed by atoms with Crippen molar-refractivity contribution in [2.45, 2.75) is 6.61 Å². The van der Waals surface area contributed by atoms with E-state index < -0.39 is 0 Å². The predicted molar refractivity (Wildman–Crippen MR) is 66.7 cm³/mol. The third-order valence-corrected chi connectivity index (χ3v) is 2.93. The Morgan fingerprint density at radius 3 is 2.62 bits per heavy atom. The number of ether oxygens (including phenoxy) is 1. The average molecular weight is 302 g/mol. The Balaban J connectivity index is 2.05. The van der Waals surface area contributed by atoms with Gasteiger partial charge < -0.3 is 4.74 Å². The second kappa shape index (κ2) is 4.89. The second-order valence-electron chi connectivity index (χ2n) is 3.34. The molecule has 16 heavy (non-hydrogen) atoms. The molecular weight excluding hydrogens is 291 g/mol. The van der Waals surface area contributed by atoms with Gasteiger partial charge in [0.25, 0.3) is 0 Å². The van der Waals surface area contributed by atoms with Crippen LogP contribution in [0.15, 0.2) is 34.9 Å². The minimum absolute atomic E-state index is 0.495. The summed E-state index contributed by atoms with van der Waals surface area (Å²) in [4.78, 5) is 0. The molecule has 5 heteroatoms. The fraction of sp³-hybridized carbons (Fsp3) is 0.182. The fourth-order valence-electron chi connectivity index (χ4n) is 1.29. The van der Waals surface area contributed by atoms with Gasteiger partial charge in [-0.05, 0) is 33.6 Å². The highest BCUT2D eigenvalue weighted by atomic mass is 79.9. The molecule has 2 aromatic rings. The molecule has 0 aliphatic rings. The molecule has 84 valence electrons. The molecule has 0 radical (unpaired) electrons. The third kappa shape index (κ3) is 2.57. The first-order valence-corrected chi connectivity index (χ1v) is 5.88. The van der Waals surface area contributed by atoms with Gasteiger partial charge in [-0.2, -0.15) is 5.10 Å². The molecule has 0 aliphatic heterocycles. The topological polar surface area (TPSA) is 27.1 Å². The number of benzene rings is 1. The smallest absolute Gasteiger partial charge is 0.226 e.